The number of carbonyl (C=O) groups is 2. The lowest BCUT2D eigenvalue weighted by Crippen LogP contribution is -2.58. The first-order valence-electron chi connectivity index (χ1n) is 6.42. The van der Waals surface area contributed by atoms with Crippen molar-refractivity contribution in [1.29, 1.82) is 0 Å². The standard InChI is InChI=1S/C12H20N2O4/c1-12(10(16)17,8-2-3-8)13-11(18)14(6-7-15)9-4-5-9/h8-9,15H,2-7H2,1H3,(H,13,18)(H,16,17). The Kier molecular flexibility index (Phi) is 3.47. The second kappa shape index (κ2) is 4.76. The summed E-state index contributed by atoms with van der Waals surface area (Å²) in [5.41, 5.74) is -1.18. The number of hydrogen-bond acceptors (Lipinski definition) is 3. The second-order valence-corrected chi connectivity index (χ2v) is 5.36. The number of amides is 2. The molecule has 0 saturated heterocycles. The molecule has 6 nitrogen and oxygen atoms in total. The van der Waals surface area contributed by atoms with E-state index < -0.39 is 11.5 Å². The fraction of sp³-hybridized carbons (Fsp3) is 0.833. The van der Waals surface area contributed by atoms with Gasteiger partial charge in [0.05, 0.1) is 6.61 Å². The fourth-order valence-corrected chi connectivity index (χ4v) is 2.23. The van der Waals surface area contributed by atoms with E-state index in [2.05, 4.69) is 5.32 Å². The molecule has 6 heteroatoms. The molecule has 2 aliphatic rings. The predicted molar refractivity (Wildman–Crippen MR) is 64.1 cm³/mol. The lowest BCUT2D eigenvalue weighted by Gasteiger charge is -2.30. The minimum absolute atomic E-state index is 0.0223. The lowest BCUT2D eigenvalue weighted by atomic mass is 9.96. The molecule has 0 aromatic heterocycles. The van der Waals surface area contributed by atoms with Crippen LogP contribution in [0.15, 0.2) is 0 Å². The van der Waals surface area contributed by atoms with Crippen LogP contribution in [0.2, 0.25) is 0 Å². The molecular weight excluding hydrogens is 236 g/mol. The Morgan fingerprint density at radius 1 is 1.33 bits per heavy atom. The summed E-state index contributed by atoms with van der Waals surface area (Å²) >= 11 is 0. The molecule has 0 aromatic rings. The quantitative estimate of drug-likeness (QED) is 0.642. The van der Waals surface area contributed by atoms with Crippen molar-refractivity contribution in [3.8, 4) is 0 Å². The van der Waals surface area contributed by atoms with Crippen molar-refractivity contribution >= 4 is 12.0 Å². The fourth-order valence-electron chi connectivity index (χ4n) is 2.23. The number of carbonyl (C=O) groups excluding carboxylic acids is 1. The molecule has 2 fully saturated rings. The summed E-state index contributed by atoms with van der Waals surface area (Å²) in [4.78, 5) is 25.0. The number of aliphatic carboxylic acids is 1. The Labute approximate surface area is 106 Å². The molecule has 18 heavy (non-hydrogen) atoms. The highest BCUT2D eigenvalue weighted by molar-refractivity contribution is 5.86. The van der Waals surface area contributed by atoms with Gasteiger partial charge in [-0.1, -0.05) is 0 Å². The average molecular weight is 256 g/mol. The maximum Gasteiger partial charge on any atom is 0.329 e. The number of hydrogen-bond donors (Lipinski definition) is 3. The van der Waals surface area contributed by atoms with Crippen molar-refractivity contribution in [3.63, 3.8) is 0 Å². The summed E-state index contributed by atoms with van der Waals surface area (Å²) in [6.07, 6.45) is 3.54. The third-order valence-corrected chi connectivity index (χ3v) is 3.79. The van der Waals surface area contributed by atoms with Crippen molar-refractivity contribution in [1.82, 2.24) is 10.2 Å². The predicted octanol–water partition coefficient (Wildman–Crippen LogP) is 0.406. The Morgan fingerprint density at radius 3 is 2.33 bits per heavy atom. The maximum atomic E-state index is 12.1. The van der Waals surface area contributed by atoms with E-state index in [-0.39, 0.29) is 31.1 Å². The zero-order valence-corrected chi connectivity index (χ0v) is 10.6. The van der Waals surface area contributed by atoms with Gasteiger partial charge in [0.2, 0.25) is 0 Å². The van der Waals surface area contributed by atoms with E-state index in [0.717, 1.165) is 25.7 Å². The third-order valence-electron chi connectivity index (χ3n) is 3.79. The van der Waals surface area contributed by atoms with Crippen LogP contribution >= 0.6 is 0 Å². The monoisotopic (exact) mass is 256 g/mol. The van der Waals surface area contributed by atoms with E-state index in [1.54, 1.807) is 11.8 Å². The molecule has 0 radical (unpaired) electrons. The van der Waals surface area contributed by atoms with Gasteiger partial charge in [0.1, 0.15) is 5.54 Å². The minimum Gasteiger partial charge on any atom is -0.480 e. The van der Waals surface area contributed by atoms with Crippen molar-refractivity contribution in [2.45, 2.75) is 44.2 Å². The molecule has 0 heterocycles. The summed E-state index contributed by atoms with van der Waals surface area (Å²) in [5.74, 6) is -0.966. The first-order valence-corrected chi connectivity index (χ1v) is 6.42. The van der Waals surface area contributed by atoms with Crippen LogP contribution < -0.4 is 5.32 Å². The summed E-state index contributed by atoms with van der Waals surface area (Å²) in [6.45, 7) is 1.73. The van der Waals surface area contributed by atoms with Gasteiger partial charge in [-0.3, -0.25) is 0 Å². The van der Waals surface area contributed by atoms with Crippen LogP contribution in [0, 0.1) is 5.92 Å². The number of carboxylic acids is 1. The van der Waals surface area contributed by atoms with Gasteiger partial charge in [-0.15, -0.1) is 0 Å². The van der Waals surface area contributed by atoms with Crippen LogP contribution in [-0.4, -0.2) is 51.8 Å². The van der Waals surface area contributed by atoms with Crippen LogP contribution in [0.5, 0.6) is 0 Å². The van der Waals surface area contributed by atoms with E-state index in [1.807, 2.05) is 0 Å². The van der Waals surface area contributed by atoms with Gasteiger partial charge < -0.3 is 20.4 Å². The Morgan fingerprint density at radius 2 is 1.94 bits per heavy atom. The Hall–Kier alpha value is -1.30. The third kappa shape index (κ3) is 2.58. The molecule has 2 saturated carbocycles. The zero-order valence-electron chi connectivity index (χ0n) is 10.6. The highest BCUT2D eigenvalue weighted by Gasteiger charge is 2.49. The highest BCUT2D eigenvalue weighted by atomic mass is 16.4. The number of nitrogens with one attached hydrogen (secondary N) is 1. The maximum absolute atomic E-state index is 12.1. The average Bonchev–Trinajstić information content (AvgIpc) is 3.18. The van der Waals surface area contributed by atoms with Gasteiger partial charge in [-0.25, -0.2) is 9.59 Å². The van der Waals surface area contributed by atoms with Crippen LogP contribution in [0.3, 0.4) is 0 Å². The molecule has 2 amide bonds. The smallest absolute Gasteiger partial charge is 0.329 e. The number of urea groups is 1. The Balaban J connectivity index is 2.01. The largest absolute Gasteiger partial charge is 0.480 e. The van der Waals surface area contributed by atoms with Crippen LogP contribution in [0.1, 0.15) is 32.6 Å². The number of rotatable bonds is 6. The summed E-state index contributed by atoms with van der Waals surface area (Å²) < 4.78 is 0. The summed E-state index contributed by atoms with van der Waals surface area (Å²) in [6, 6.07) is -0.210. The van der Waals surface area contributed by atoms with E-state index in [4.69, 9.17) is 5.11 Å². The normalized spacial score (nSPS) is 22.1. The second-order valence-electron chi connectivity index (χ2n) is 5.36. The number of nitrogens with zero attached hydrogens (tertiary/aromatic N) is 1. The lowest BCUT2D eigenvalue weighted by molar-refractivity contribution is -0.144. The van der Waals surface area contributed by atoms with Crippen LogP contribution in [0.25, 0.3) is 0 Å². The Bertz CT molecular complexity index is 352. The van der Waals surface area contributed by atoms with Crippen LogP contribution in [-0.2, 0) is 4.79 Å². The summed E-state index contributed by atoms with van der Waals surface area (Å²) in [7, 11) is 0. The molecule has 102 valence electrons. The molecule has 0 aliphatic heterocycles. The van der Waals surface area contributed by atoms with Crippen molar-refractivity contribution in [2.75, 3.05) is 13.2 Å². The summed E-state index contributed by atoms with van der Waals surface area (Å²) in [5, 5.41) is 20.9. The van der Waals surface area contributed by atoms with Crippen molar-refractivity contribution in [3.05, 3.63) is 0 Å². The molecule has 1 atom stereocenters. The van der Waals surface area contributed by atoms with Gasteiger partial charge in [0.15, 0.2) is 0 Å². The highest BCUT2D eigenvalue weighted by Crippen LogP contribution is 2.40. The molecule has 3 N–H and O–H groups in total. The first-order chi connectivity index (χ1) is 8.49. The van der Waals surface area contributed by atoms with E-state index >= 15 is 0 Å². The molecule has 1 unspecified atom stereocenters. The molecule has 0 spiro atoms. The molecule has 0 bridgehead atoms. The number of aliphatic hydroxyl groups is 1. The zero-order chi connectivity index (χ0) is 13.3. The minimum atomic E-state index is -1.18. The van der Waals surface area contributed by atoms with Crippen LogP contribution in [0.4, 0.5) is 4.79 Å². The van der Waals surface area contributed by atoms with E-state index in [0.29, 0.717) is 0 Å². The first kappa shape index (κ1) is 13.1. The van der Waals surface area contributed by atoms with Gasteiger partial charge in [0.25, 0.3) is 0 Å². The van der Waals surface area contributed by atoms with Gasteiger partial charge in [0, 0.05) is 12.6 Å². The van der Waals surface area contributed by atoms with E-state index in [1.165, 1.54) is 0 Å². The SMILES string of the molecule is CC(NC(=O)N(CCO)C1CC1)(C(=O)O)C1CC1. The molecule has 2 aliphatic carbocycles. The number of aliphatic hydroxyl groups excluding tert-OH is 1. The van der Waals surface area contributed by atoms with E-state index in [9.17, 15) is 14.7 Å². The van der Waals surface area contributed by atoms with Gasteiger partial charge in [-0.2, -0.15) is 0 Å². The van der Waals surface area contributed by atoms with Gasteiger partial charge >= 0.3 is 12.0 Å². The van der Waals surface area contributed by atoms with Crippen molar-refractivity contribution < 1.29 is 19.8 Å². The van der Waals surface area contributed by atoms with Gasteiger partial charge in [-0.05, 0) is 38.5 Å². The molecular formula is C12H20N2O4. The molecule has 0 aromatic carbocycles. The topological polar surface area (TPSA) is 89.9 Å². The molecule has 2 rings (SSSR count). The number of carboxylic acid groups (broad SMARTS) is 1. The van der Waals surface area contributed by atoms with Crippen molar-refractivity contribution in [2.24, 2.45) is 5.92 Å².